The molecule has 0 spiro atoms. The van der Waals surface area contributed by atoms with Gasteiger partial charge in [0, 0.05) is 11.5 Å². The van der Waals surface area contributed by atoms with Crippen molar-refractivity contribution in [3.63, 3.8) is 0 Å². The third-order valence-corrected chi connectivity index (χ3v) is 6.06. The molecule has 1 aliphatic heterocycles. The van der Waals surface area contributed by atoms with Crippen molar-refractivity contribution in [1.82, 2.24) is 9.55 Å². The van der Waals surface area contributed by atoms with E-state index < -0.39 is 0 Å². The predicted molar refractivity (Wildman–Crippen MR) is 107 cm³/mol. The highest BCUT2D eigenvalue weighted by Gasteiger charge is 2.39. The topological polar surface area (TPSA) is 34.9 Å². The smallest absolute Gasteiger partial charge is 0.262 e. The molecule has 0 aliphatic carbocycles. The first-order chi connectivity index (χ1) is 12.5. The Kier molecular flexibility index (Phi) is 2.97. The van der Waals surface area contributed by atoms with Crippen molar-refractivity contribution in [2.75, 3.05) is 0 Å². The summed E-state index contributed by atoms with van der Waals surface area (Å²) in [5, 5.41) is 3.01. The molecule has 0 saturated carbocycles. The van der Waals surface area contributed by atoms with Gasteiger partial charge in [0.2, 0.25) is 0 Å². The Morgan fingerprint density at radius 3 is 2.42 bits per heavy atom. The molecule has 3 nitrogen and oxygen atoms in total. The second kappa shape index (κ2) is 5.04. The highest BCUT2D eigenvalue weighted by atomic mass is 16.1. The lowest BCUT2D eigenvalue weighted by atomic mass is 9.76. The maximum absolute atomic E-state index is 13.4. The van der Waals surface area contributed by atoms with E-state index in [-0.39, 0.29) is 17.0 Å². The Bertz CT molecular complexity index is 1250. The summed E-state index contributed by atoms with van der Waals surface area (Å²) in [6, 6.07) is 20.4. The number of hydrogen-bond acceptors (Lipinski definition) is 2. The Hall–Kier alpha value is -2.94. The molecule has 5 rings (SSSR count). The molecule has 1 aliphatic rings. The van der Waals surface area contributed by atoms with Gasteiger partial charge in [-0.15, -0.1) is 0 Å². The monoisotopic (exact) mass is 340 g/mol. The molecule has 3 aromatic carbocycles. The van der Waals surface area contributed by atoms with Crippen LogP contribution in [0, 0.1) is 0 Å². The van der Waals surface area contributed by atoms with E-state index in [0.29, 0.717) is 5.39 Å². The van der Waals surface area contributed by atoms with Crippen molar-refractivity contribution in [3.8, 4) is 11.4 Å². The molecule has 3 heteroatoms. The molecule has 0 radical (unpaired) electrons. The van der Waals surface area contributed by atoms with Crippen LogP contribution in [0.15, 0.2) is 65.5 Å². The molecular formula is C23H20N2O. The van der Waals surface area contributed by atoms with Gasteiger partial charge in [0.15, 0.2) is 0 Å². The number of rotatable bonds is 0. The zero-order valence-corrected chi connectivity index (χ0v) is 15.2. The van der Waals surface area contributed by atoms with Gasteiger partial charge >= 0.3 is 0 Å². The molecular weight excluding hydrogens is 320 g/mol. The summed E-state index contributed by atoms with van der Waals surface area (Å²) >= 11 is 0. The van der Waals surface area contributed by atoms with Crippen LogP contribution in [0.5, 0.6) is 0 Å². The van der Waals surface area contributed by atoms with Crippen LogP contribution >= 0.6 is 0 Å². The summed E-state index contributed by atoms with van der Waals surface area (Å²) in [4.78, 5) is 18.4. The summed E-state index contributed by atoms with van der Waals surface area (Å²) < 4.78 is 1.91. The summed E-state index contributed by atoms with van der Waals surface area (Å²) in [6.45, 7) is 6.48. The first-order valence-corrected chi connectivity index (χ1v) is 9.04. The molecule has 26 heavy (non-hydrogen) atoms. The number of hydrogen-bond donors (Lipinski definition) is 0. The van der Waals surface area contributed by atoms with Crippen molar-refractivity contribution >= 4 is 21.7 Å². The molecule has 0 bridgehead atoms. The summed E-state index contributed by atoms with van der Waals surface area (Å²) in [5.41, 5.74) is 2.81. The quantitative estimate of drug-likeness (QED) is 0.448. The van der Waals surface area contributed by atoms with Crippen LogP contribution < -0.4 is 5.56 Å². The van der Waals surface area contributed by atoms with Crippen molar-refractivity contribution in [3.05, 3.63) is 76.6 Å². The van der Waals surface area contributed by atoms with Crippen molar-refractivity contribution in [2.45, 2.75) is 32.2 Å². The van der Waals surface area contributed by atoms with Gasteiger partial charge in [0.1, 0.15) is 5.82 Å². The van der Waals surface area contributed by atoms with Crippen LogP contribution in [0.1, 0.15) is 32.3 Å². The van der Waals surface area contributed by atoms with Gasteiger partial charge in [-0.05, 0) is 42.3 Å². The third-order valence-electron chi connectivity index (χ3n) is 6.06. The van der Waals surface area contributed by atoms with Gasteiger partial charge < -0.3 is 0 Å². The number of fused-ring (bicyclic) bond motifs is 6. The van der Waals surface area contributed by atoms with Gasteiger partial charge in [-0.2, -0.15) is 0 Å². The third kappa shape index (κ3) is 1.83. The first kappa shape index (κ1) is 15.3. The zero-order valence-electron chi connectivity index (χ0n) is 15.2. The lowest BCUT2D eigenvalue weighted by Crippen LogP contribution is -2.44. The Morgan fingerprint density at radius 1 is 0.923 bits per heavy atom. The highest BCUT2D eigenvalue weighted by molar-refractivity contribution is 5.98. The molecule has 0 N–H and O–H groups in total. The maximum Gasteiger partial charge on any atom is 0.262 e. The summed E-state index contributed by atoms with van der Waals surface area (Å²) in [7, 11) is 0. The number of aromatic nitrogens is 2. The van der Waals surface area contributed by atoms with E-state index >= 15 is 0 Å². The second-order valence-corrected chi connectivity index (χ2v) is 7.72. The van der Waals surface area contributed by atoms with E-state index in [9.17, 15) is 4.79 Å². The van der Waals surface area contributed by atoms with E-state index in [1.807, 2.05) is 34.9 Å². The van der Waals surface area contributed by atoms with Crippen LogP contribution in [0.2, 0.25) is 0 Å². The van der Waals surface area contributed by atoms with E-state index in [1.54, 1.807) is 0 Å². The largest absolute Gasteiger partial charge is 0.286 e. The van der Waals surface area contributed by atoms with Gasteiger partial charge in [-0.1, -0.05) is 55.5 Å². The normalized spacial score (nSPS) is 17.9. The van der Waals surface area contributed by atoms with Gasteiger partial charge in [0.05, 0.1) is 16.4 Å². The maximum atomic E-state index is 13.4. The Morgan fingerprint density at radius 2 is 1.62 bits per heavy atom. The van der Waals surface area contributed by atoms with Crippen LogP contribution in [0.25, 0.3) is 33.1 Å². The van der Waals surface area contributed by atoms with Crippen molar-refractivity contribution < 1.29 is 0 Å². The molecule has 2 heterocycles. The number of nitrogens with zero attached hydrogens (tertiary/aromatic N) is 2. The SMILES string of the molecule is CC1c2ccc3ccccc3c2-c2nc3ccccc3c(=O)n2C1(C)C. The first-order valence-electron chi connectivity index (χ1n) is 9.04. The Labute approximate surface area is 151 Å². The fraction of sp³-hybridized carbons (Fsp3) is 0.217. The molecule has 128 valence electrons. The molecule has 0 fully saturated rings. The summed E-state index contributed by atoms with van der Waals surface area (Å²) in [5.74, 6) is 0.985. The number of para-hydroxylation sites is 1. The van der Waals surface area contributed by atoms with E-state index in [1.165, 1.54) is 10.9 Å². The minimum Gasteiger partial charge on any atom is -0.286 e. The molecule has 1 unspecified atom stereocenters. The molecule has 1 aromatic heterocycles. The van der Waals surface area contributed by atoms with Gasteiger partial charge in [-0.3, -0.25) is 9.36 Å². The fourth-order valence-electron chi connectivity index (χ4n) is 4.31. The van der Waals surface area contributed by atoms with Crippen LogP contribution in [0.4, 0.5) is 0 Å². The number of benzene rings is 3. The van der Waals surface area contributed by atoms with Gasteiger partial charge in [0.25, 0.3) is 5.56 Å². The molecule has 4 aromatic rings. The predicted octanol–water partition coefficient (Wildman–Crippen LogP) is 5.07. The zero-order chi connectivity index (χ0) is 18.1. The summed E-state index contributed by atoms with van der Waals surface area (Å²) in [6.07, 6.45) is 0. The van der Waals surface area contributed by atoms with E-state index in [4.69, 9.17) is 4.98 Å². The Balaban J connectivity index is 2.04. The van der Waals surface area contributed by atoms with E-state index in [0.717, 1.165) is 22.3 Å². The lowest BCUT2D eigenvalue weighted by Gasteiger charge is -2.41. The highest BCUT2D eigenvalue weighted by Crippen LogP contribution is 2.46. The molecule has 0 amide bonds. The second-order valence-electron chi connectivity index (χ2n) is 7.72. The molecule has 0 saturated heterocycles. The van der Waals surface area contributed by atoms with Crippen LogP contribution in [-0.4, -0.2) is 9.55 Å². The average molecular weight is 340 g/mol. The van der Waals surface area contributed by atoms with Gasteiger partial charge in [-0.25, -0.2) is 4.98 Å². The van der Waals surface area contributed by atoms with E-state index in [2.05, 4.69) is 51.1 Å². The fourth-order valence-corrected chi connectivity index (χ4v) is 4.31. The minimum absolute atomic E-state index is 0.0426. The lowest BCUT2D eigenvalue weighted by molar-refractivity contribution is 0.282. The standard InChI is InChI=1S/C23H20N2O/c1-14-16-13-12-15-8-4-5-9-17(15)20(16)21-24-19-11-7-6-10-18(19)22(26)25(21)23(14,2)3/h4-14H,1-3H3. The minimum atomic E-state index is -0.348. The molecule has 1 atom stereocenters. The average Bonchev–Trinajstić information content (AvgIpc) is 2.65. The van der Waals surface area contributed by atoms with Crippen molar-refractivity contribution in [1.29, 1.82) is 0 Å². The van der Waals surface area contributed by atoms with Crippen molar-refractivity contribution in [2.24, 2.45) is 0 Å². The van der Waals surface area contributed by atoms with Crippen LogP contribution in [-0.2, 0) is 5.54 Å². The van der Waals surface area contributed by atoms with Crippen LogP contribution in [0.3, 0.4) is 0 Å².